The van der Waals surface area contributed by atoms with E-state index in [1.165, 1.54) is 0 Å². The number of rotatable bonds is 5. The van der Waals surface area contributed by atoms with Crippen LogP contribution in [0.5, 0.6) is 5.88 Å². The van der Waals surface area contributed by atoms with Crippen LogP contribution in [0.15, 0.2) is 36.7 Å². The van der Waals surface area contributed by atoms with E-state index in [2.05, 4.69) is 9.97 Å². The first-order chi connectivity index (χ1) is 9.20. The molecule has 0 radical (unpaired) electrons. The zero-order valence-electron chi connectivity index (χ0n) is 10.5. The molecular weight excluding hydrogens is 244 g/mol. The number of hydrogen-bond donors (Lipinski definition) is 1. The number of pyridine rings is 2. The Morgan fingerprint density at radius 2 is 2.16 bits per heavy atom. The lowest BCUT2D eigenvalue weighted by molar-refractivity contribution is -0.136. The summed E-state index contributed by atoms with van der Waals surface area (Å²) in [7, 11) is 0. The minimum absolute atomic E-state index is 0.0291. The largest absolute Gasteiger partial charge is 0.481 e. The molecule has 0 aliphatic rings. The van der Waals surface area contributed by atoms with Crippen LogP contribution in [-0.2, 0) is 11.2 Å². The second-order valence-corrected chi connectivity index (χ2v) is 3.91. The van der Waals surface area contributed by atoms with Crippen molar-refractivity contribution in [2.75, 3.05) is 6.61 Å². The maximum Gasteiger partial charge on any atom is 0.307 e. The summed E-state index contributed by atoms with van der Waals surface area (Å²) in [5.41, 5.74) is 2.18. The first-order valence-corrected chi connectivity index (χ1v) is 5.95. The number of ether oxygens (including phenoxy) is 1. The Hall–Kier alpha value is -2.43. The number of carboxylic acids is 1. The van der Waals surface area contributed by atoms with Gasteiger partial charge in [-0.05, 0) is 30.7 Å². The Kier molecular flexibility index (Phi) is 4.07. The lowest BCUT2D eigenvalue weighted by atomic mass is 10.1. The summed E-state index contributed by atoms with van der Waals surface area (Å²) in [5.74, 6) is -0.339. The quantitative estimate of drug-likeness (QED) is 0.889. The van der Waals surface area contributed by atoms with Crippen molar-refractivity contribution in [2.24, 2.45) is 0 Å². The molecule has 0 atom stereocenters. The summed E-state index contributed by atoms with van der Waals surface area (Å²) in [6, 6.07) is 7.21. The van der Waals surface area contributed by atoms with Crippen molar-refractivity contribution in [3.8, 4) is 17.1 Å². The fraction of sp³-hybridized carbons (Fsp3) is 0.214. The molecule has 0 aromatic carbocycles. The van der Waals surface area contributed by atoms with E-state index in [0.29, 0.717) is 23.7 Å². The maximum atomic E-state index is 10.6. The third-order valence-electron chi connectivity index (χ3n) is 2.51. The smallest absolute Gasteiger partial charge is 0.307 e. The lowest BCUT2D eigenvalue weighted by Crippen LogP contribution is -2.01. The van der Waals surface area contributed by atoms with Gasteiger partial charge in [-0.1, -0.05) is 6.07 Å². The summed E-state index contributed by atoms with van der Waals surface area (Å²) in [6.45, 7) is 2.42. The molecule has 98 valence electrons. The van der Waals surface area contributed by atoms with Gasteiger partial charge in [-0.2, -0.15) is 0 Å². The normalized spacial score (nSPS) is 10.2. The molecule has 5 nitrogen and oxygen atoms in total. The third kappa shape index (κ3) is 3.28. The fourth-order valence-electron chi connectivity index (χ4n) is 1.70. The monoisotopic (exact) mass is 258 g/mol. The van der Waals surface area contributed by atoms with Gasteiger partial charge in [0.1, 0.15) is 0 Å². The van der Waals surface area contributed by atoms with Crippen molar-refractivity contribution in [2.45, 2.75) is 13.3 Å². The van der Waals surface area contributed by atoms with Gasteiger partial charge >= 0.3 is 5.97 Å². The lowest BCUT2D eigenvalue weighted by Gasteiger charge is -2.08. The van der Waals surface area contributed by atoms with Gasteiger partial charge in [-0.25, -0.2) is 4.98 Å². The van der Waals surface area contributed by atoms with Crippen LogP contribution >= 0.6 is 0 Å². The van der Waals surface area contributed by atoms with Gasteiger partial charge in [0, 0.05) is 12.4 Å². The zero-order chi connectivity index (χ0) is 13.7. The summed E-state index contributed by atoms with van der Waals surface area (Å²) in [4.78, 5) is 19.0. The van der Waals surface area contributed by atoms with Crippen LogP contribution in [0.1, 0.15) is 12.5 Å². The van der Waals surface area contributed by atoms with E-state index >= 15 is 0 Å². The molecule has 1 N–H and O–H groups in total. The van der Waals surface area contributed by atoms with Crippen LogP contribution in [0.3, 0.4) is 0 Å². The fourth-order valence-corrected chi connectivity index (χ4v) is 1.70. The van der Waals surface area contributed by atoms with Crippen LogP contribution in [0, 0.1) is 0 Å². The molecule has 5 heteroatoms. The van der Waals surface area contributed by atoms with Gasteiger partial charge in [0.25, 0.3) is 0 Å². The standard InChI is InChI=1S/C14H14N2O3/c1-2-19-14-11(4-3-7-15-14)12-6-5-10(9-16-12)8-13(17)18/h3-7,9H,2,8H2,1H3,(H,17,18). The number of nitrogens with zero attached hydrogens (tertiary/aromatic N) is 2. The average Bonchev–Trinajstić information content (AvgIpc) is 2.40. The van der Waals surface area contributed by atoms with Crippen molar-refractivity contribution in [3.63, 3.8) is 0 Å². The van der Waals surface area contributed by atoms with Crippen LogP contribution in [0.2, 0.25) is 0 Å². The van der Waals surface area contributed by atoms with Crippen LogP contribution < -0.4 is 4.74 Å². The highest BCUT2D eigenvalue weighted by Crippen LogP contribution is 2.25. The van der Waals surface area contributed by atoms with Crippen LogP contribution in [0.4, 0.5) is 0 Å². The van der Waals surface area contributed by atoms with Crippen molar-refractivity contribution in [1.29, 1.82) is 0 Å². The van der Waals surface area contributed by atoms with E-state index in [-0.39, 0.29) is 6.42 Å². The number of carboxylic acid groups (broad SMARTS) is 1. The van der Waals surface area contributed by atoms with Crippen molar-refractivity contribution in [3.05, 3.63) is 42.2 Å². The SMILES string of the molecule is CCOc1ncccc1-c1ccc(CC(=O)O)cn1. The van der Waals surface area contributed by atoms with E-state index in [9.17, 15) is 4.79 Å². The van der Waals surface area contributed by atoms with Gasteiger partial charge in [0.05, 0.1) is 24.3 Å². The Balaban J connectivity index is 2.29. The maximum absolute atomic E-state index is 10.6. The number of aromatic nitrogens is 2. The van der Waals surface area contributed by atoms with E-state index in [1.807, 2.05) is 19.1 Å². The molecule has 0 amide bonds. The number of carbonyl (C=O) groups is 1. The minimum Gasteiger partial charge on any atom is -0.481 e. The Labute approximate surface area is 110 Å². The van der Waals surface area contributed by atoms with Gasteiger partial charge < -0.3 is 9.84 Å². The summed E-state index contributed by atoms with van der Waals surface area (Å²) in [6.07, 6.45) is 3.19. The summed E-state index contributed by atoms with van der Waals surface area (Å²) in [5, 5.41) is 8.71. The van der Waals surface area contributed by atoms with Gasteiger partial charge in [-0.3, -0.25) is 9.78 Å². The second kappa shape index (κ2) is 5.95. The molecular formula is C14H14N2O3. The molecule has 2 aromatic rings. The van der Waals surface area contributed by atoms with Gasteiger partial charge in [0.2, 0.25) is 5.88 Å². The number of aliphatic carboxylic acids is 1. The molecule has 0 saturated carbocycles. The molecule has 0 aliphatic heterocycles. The first kappa shape index (κ1) is 13.0. The summed E-state index contributed by atoms with van der Waals surface area (Å²) >= 11 is 0. The highest BCUT2D eigenvalue weighted by molar-refractivity contribution is 5.70. The Bertz CT molecular complexity index is 567. The van der Waals surface area contributed by atoms with Crippen LogP contribution in [0.25, 0.3) is 11.3 Å². The van der Waals surface area contributed by atoms with Crippen molar-refractivity contribution in [1.82, 2.24) is 9.97 Å². The molecule has 2 rings (SSSR count). The third-order valence-corrected chi connectivity index (χ3v) is 2.51. The average molecular weight is 258 g/mol. The molecule has 0 unspecified atom stereocenters. The molecule has 2 aromatic heterocycles. The van der Waals surface area contributed by atoms with Crippen molar-refractivity contribution >= 4 is 5.97 Å². The van der Waals surface area contributed by atoms with E-state index < -0.39 is 5.97 Å². The molecule has 0 fully saturated rings. The highest BCUT2D eigenvalue weighted by Gasteiger charge is 2.08. The predicted octanol–water partition coefficient (Wildman–Crippen LogP) is 2.17. The van der Waals surface area contributed by atoms with E-state index in [4.69, 9.17) is 9.84 Å². The second-order valence-electron chi connectivity index (χ2n) is 3.91. The molecule has 0 bridgehead atoms. The van der Waals surface area contributed by atoms with E-state index in [1.54, 1.807) is 24.5 Å². The topological polar surface area (TPSA) is 72.3 Å². The molecule has 0 aliphatic carbocycles. The molecule has 19 heavy (non-hydrogen) atoms. The number of hydrogen-bond acceptors (Lipinski definition) is 4. The van der Waals surface area contributed by atoms with Gasteiger partial charge in [-0.15, -0.1) is 0 Å². The van der Waals surface area contributed by atoms with E-state index in [0.717, 1.165) is 5.56 Å². The predicted molar refractivity (Wildman–Crippen MR) is 70.0 cm³/mol. The molecule has 2 heterocycles. The Morgan fingerprint density at radius 1 is 1.32 bits per heavy atom. The first-order valence-electron chi connectivity index (χ1n) is 5.95. The molecule has 0 saturated heterocycles. The van der Waals surface area contributed by atoms with Crippen molar-refractivity contribution < 1.29 is 14.6 Å². The highest BCUT2D eigenvalue weighted by atomic mass is 16.5. The van der Waals surface area contributed by atoms with Crippen LogP contribution in [-0.4, -0.2) is 27.7 Å². The Morgan fingerprint density at radius 3 is 2.79 bits per heavy atom. The summed E-state index contributed by atoms with van der Waals surface area (Å²) < 4.78 is 5.44. The minimum atomic E-state index is -0.870. The molecule has 0 spiro atoms. The zero-order valence-corrected chi connectivity index (χ0v) is 10.5. The van der Waals surface area contributed by atoms with Gasteiger partial charge in [0.15, 0.2) is 0 Å².